The van der Waals surface area contributed by atoms with Gasteiger partial charge in [0.05, 0.1) is 0 Å². The predicted octanol–water partition coefficient (Wildman–Crippen LogP) is 0.184. The Morgan fingerprint density at radius 3 is 2.56 bits per heavy atom. The third-order valence-electron chi connectivity index (χ3n) is 0.553. The number of hydrogen-bond donors (Lipinski definition) is 0. The van der Waals surface area contributed by atoms with Gasteiger partial charge in [-0.05, 0) is 6.92 Å². The van der Waals surface area contributed by atoms with Crippen molar-refractivity contribution in [1.82, 2.24) is 0 Å². The predicted molar refractivity (Wildman–Crippen MR) is 27.6 cm³/mol. The van der Waals surface area contributed by atoms with Gasteiger partial charge in [0.15, 0.2) is 0 Å². The van der Waals surface area contributed by atoms with Crippen molar-refractivity contribution in [1.29, 1.82) is 0 Å². The van der Waals surface area contributed by atoms with Crippen LogP contribution in [0.15, 0.2) is 0 Å². The van der Waals surface area contributed by atoms with Crippen LogP contribution in [0.3, 0.4) is 0 Å². The molecule has 0 aromatic carbocycles. The van der Waals surface area contributed by atoms with Crippen LogP contribution >= 0.6 is 0 Å². The molecule has 4 nitrogen and oxygen atoms in total. The first-order valence-corrected chi connectivity index (χ1v) is 2.75. The van der Waals surface area contributed by atoms with Crippen molar-refractivity contribution in [3.05, 3.63) is 0 Å². The minimum atomic E-state index is -0.795. The summed E-state index contributed by atoms with van der Waals surface area (Å²) in [6, 6.07) is 0. The minimum absolute atomic E-state index is 0. The Morgan fingerprint density at radius 1 is 1.44 bits per heavy atom. The highest BCUT2D eigenvalue weighted by molar-refractivity contribution is 4.35. The number of hydrogen-bond acceptors (Lipinski definition) is 2. The normalized spacial score (nSPS) is 13.7. The maximum absolute atomic E-state index is 10.2. The van der Waals surface area contributed by atoms with E-state index in [1.54, 1.807) is 0 Å². The molecule has 0 rings (SSSR count). The molecular weight excluding hydrogens is 124 g/mol. The minimum Gasteiger partial charge on any atom is -0.234 e. The van der Waals surface area contributed by atoms with Crippen LogP contribution in [0.5, 0.6) is 0 Å². The summed E-state index contributed by atoms with van der Waals surface area (Å²) in [7, 11) is 0. The maximum atomic E-state index is 10.2. The molecule has 1 atom stereocenters. The van der Waals surface area contributed by atoms with Crippen molar-refractivity contribution in [2.24, 2.45) is 0 Å². The average Bonchev–Trinajstić information content (AvgIpc) is 1.80. The van der Waals surface area contributed by atoms with Gasteiger partial charge in [-0.1, -0.05) is 0 Å². The second-order valence-corrected chi connectivity index (χ2v) is 1.62. The van der Waals surface area contributed by atoms with Crippen LogP contribution in [-0.4, -0.2) is 25.9 Å². The summed E-state index contributed by atoms with van der Waals surface area (Å²) in [5.41, 5.74) is 0. The molecule has 4 heteroatoms. The Labute approximate surface area is 53.9 Å². The van der Waals surface area contributed by atoms with Crippen molar-refractivity contribution in [3.63, 3.8) is 0 Å². The van der Waals surface area contributed by atoms with E-state index in [2.05, 4.69) is 9.78 Å². The highest BCUT2D eigenvalue weighted by Crippen LogP contribution is 1.83. The molecule has 0 amide bonds. The molecule has 2 radical (unpaired) electrons. The van der Waals surface area contributed by atoms with Gasteiger partial charge in [-0.2, -0.15) is 0 Å². The van der Waals surface area contributed by atoms with Crippen molar-refractivity contribution in [2.45, 2.75) is 13.0 Å². The van der Waals surface area contributed by atoms with E-state index in [1.165, 1.54) is 6.92 Å². The van der Waals surface area contributed by atoms with E-state index in [4.69, 9.17) is 0 Å². The van der Waals surface area contributed by atoms with E-state index in [0.717, 1.165) is 0 Å². The fourth-order valence-corrected chi connectivity index (χ4v) is 0.237. The van der Waals surface area contributed by atoms with Crippen molar-refractivity contribution in [3.8, 4) is 0 Å². The standard InChI is InChI=1S/C5H10O4/c1-5(7)4-9-8-3-2-6/h5H,2-4H2,1H3. The molecular formula is C5H10O4. The van der Waals surface area contributed by atoms with Gasteiger partial charge in [0.25, 0.3) is 0 Å². The second-order valence-electron chi connectivity index (χ2n) is 1.62. The third kappa shape index (κ3) is 7.84. The topological polar surface area (TPSA) is 58.3 Å². The first-order valence-electron chi connectivity index (χ1n) is 2.75. The lowest BCUT2D eigenvalue weighted by Crippen LogP contribution is -2.10. The fourth-order valence-electron chi connectivity index (χ4n) is 0.237. The lowest BCUT2D eigenvalue weighted by molar-refractivity contribution is -0.311. The summed E-state index contributed by atoms with van der Waals surface area (Å²) in [4.78, 5) is 8.60. The van der Waals surface area contributed by atoms with Crippen LogP contribution in [-0.2, 0) is 20.0 Å². The summed E-state index contributed by atoms with van der Waals surface area (Å²) in [6.45, 7) is 1.13. The monoisotopic (exact) mass is 134 g/mol. The van der Waals surface area contributed by atoms with E-state index in [0.29, 0.717) is 0 Å². The molecule has 0 spiro atoms. The first-order chi connectivity index (χ1) is 4.27. The molecule has 0 heterocycles. The zero-order chi connectivity index (χ0) is 7.11. The molecule has 0 aromatic heterocycles. The zero-order valence-electron chi connectivity index (χ0n) is 5.33. The Balaban J connectivity index is 2.75. The van der Waals surface area contributed by atoms with Gasteiger partial charge in [0.2, 0.25) is 0 Å². The molecule has 1 unspecified atom stereocenters. The summed E-state index contributed by atoms with van der Waals surface area (Å²) in [5, 5.41) is 19.9. The Morgan fingerprint density at radius 2 is 2.11 bits per heavy atom. The SMILES string of the molecule is CC([O])COOCC[O]. The molecule has 0 aliphatic heterocycles. The van der Waals surface area contributed by atoms with Gasteiger partial charge >= 0.3 is 0 Å². The van der Waals surface area contributed by atoms with Gasteiger partial charge in [-0.15, -0.1) is 0 Å². The molecule has 54 valence electrons. The molecule has 0 saturated carbocycles. The summed E-state index contributed by atoms with van der Waals surface area (Å²) < 4.78 is 0. The molecule has 0 fully saturated rings. The van der Waals surface area contributed by atoms with Crippen LogP contribution in [0, 0.1) is 0 Å². The van der Waals surface area contributed by atoms with Crippen LogP contribution in [0.4, 0.5) is 0 Å². The Hall–Kier alpha value is -0.160. The van der Waals surface area contributed by atoms with Gasteiger partial charge in [-0.3, -0.25) is 0 Å². The van der Waals surface area contributed by atoms with E-state index in [9.17, 15) is 10.2 Å². The zero-order valence-corrected chi connectivity index (χ0v) is 5.33. The smallest absolute Gasteiger partial charge is 0.117 e. The van der Waals surface area contributed by atoms with Gasteiger partial charge < -0.3 is 0 Å². The number of rotatable bonds is 5. The highest BCUT2D eigenvalue weighted by atomic mass is 17.2. The lowest BCUT2D eigenvalue weighted by Gasteiger charge is -2.01. The molecule has 0 aliphatic rings. The quantitative estimate of drug-likeness (QED) is 0.306. The summed E-state index contributed by atoms with van der Waals surface area (Å²) >= 11 is 0. The van der Waals surface area contributed by atoms with Crippen LogP contribution in [0.25, 0.3) is 0 Å². The molecule has 0 saturated heterocycles. The van der Waals surface area contributed by atoms with Gasteiger partial charge in [0, 0.05) is 0 Å². The van der Waals surface area contributed by atoms with Crippen molar-refractivity contribution >= 4 is 0 Å². The van der Waals surface area contributed by atoms with E-state index >= 15 is 0 Å². The van der Waals surface area contributed by atoms with E-state index in [-0.39, 0.29) is 19.8 Å². The fraction of sp³-hybridized carbons (Fsp3) is 1.00. The molecule has 0 bridgehead atoms. The average molecular weight is 134 g/mol. The first kappa shape index (κ1) is 8.84. The molecule has 0 aliphatic carbocycles. The van der Waals surface area contributed by atoms with Crippen LogP contribution in [0.1, 0.15) is 6.92 Å². The maximum Gasteiger partial charge on any atom is 0.117 e. The lowest BCUT2D eigenvalue weighted by atomic mass is 10.5. The Bertz CT molecular complexity index is 54.9. The van der Waals surface area contributed by atoms with Crippen molar-refractivity contribution < 1.29 is 20.0 Å². The van der Waals surface area contributed by atoms with Crippen molar-refractivity contribution in [2.75, 3.05) is 19.8 Å². The molecule has 0 aromatic rings. The van der Waals surface area contributed by atoms with E-state index < -0.39 is 6.10 Å². The molecule has 0 N–H and O–H groups in total. The van der Waals surface area contributed by atoms with E-state index in [1.807, 2.05) is 0 Å². The Kier molecular flexibility index (Phi) is 5.86. The van der Waals surface area contributed by atoms with Gasteiger partial charge in [-0.25, -0.2) is 20.0 Å². The van der Waals surface area contributed by atoms with Crippen LogP contribution in [0.2, 0.25) is 0 Å². The molecule has 9 heavy (non-hydrogen) atoms. The highest BCUT2D eigenvalue weighted by Gasteiger charge is 1.96. The second kappa shape index (κ2) is 5.97. The summed E-state index contributed by atoms with van der Waals surface area (Å²) in [6.07, 6.45) is -0.795. The third-order valence-corrected chi connectivity index (χ3v) is 0.553. The van der Waals surface area contributed by atoms with Crippen LogP contribution < -0.4 is 0 Å². The largest absolute Gasteiger partial charge is 0.234 e. The van der Waals surface area contributed by atoms with Gasteiger partial charge in [0.1, 0.15) is 25.9 Å². The summed E-state index contributed by atoms with van der Waals surface area (Å²) in [5.74, 6) is 0.